The zero-order chi connectivity index (χ0) is 13.6. The summed E-state index contributed by atoms with van der Waals surface area (Å²) in [6.07, 6.45) is 3.30. The monoisotopic (exact) mass is 274 g/mol. The first-order chi connectivity index (χ1) is 8.19. The second kappa shape index (κ2) is 4.20. The molecule has 0 spiro atoms. The molecular weight excluding hydrogens is 252 g/mol. The number of nitrogens with one attached hydrogen (secondary N) is 1. The van der Waals surface area contributed by atoms with Gasteiger partial charge >= 0.3 is 10.2 Å². The van der Waals surface area contributed by atoms with Crippen LogP contribution in [0.3, 0.4) is 0 Å². The van der Waals surface area contributed by atoms with Crippen molar-refractivity contribution in [2.75, 3.05) is 13.1 Å². The quantitative estimate of drug-likeness (QED) is 0.843. The van der Waals surface area contributed by atoms with E-state index in [0.717, 1.165) is 25.7 Å². The standard InChI is InChI=1S/C12H22N2O3S/c1-11(2,3)12(6-7-12)10(15)13-18(16,17)14-8-4-5-9-14/h4-9H2,1-3H3,(H,13,15). The minimum Gasteiger partial charge on any atom is -0.273 e. The van der Waals surface area contributed by atoms with Crippen molar-refractivity contribution in [2.24, 2.45) is 10.8 Å². The van der Waals surface area contributed by atoms with Crippen LogP contribution < -0.4 is 4.72 Å². The lowest BCUT2D eigenvalue weighted by Gasteiger charge is -2.30. The Balaban J connectivity index is 2.08. The Bertz CT molecular complexity index is 440. The summed E-state index contributed by atoms with van der Waals surface area (Å²) >= 11 is 0. The predicted molar refractivity (Wildman–Crippen MR) is 69.0 cm³/mol. The summed E-state index contributed by atoms with van der Waals surface area (Å²) in [6, 6.07) is 0. The molecule has 2 fully saturated rings. The molecule has 5 nitrogen and oxygen atoms in total. The molecule has 1 N–H and O–H groups in total. The Morgan fingerprint density at radius 2 is 1.67 bits per heavy atom. The third kappa shape index (κ3) is 2.28. The topological polar surface area (TPSA) is 66.5 Å². The van der Waals surface area contributed by atoms with Crippen LogP contribution in [-0.2, 0) is 15.0 Å². The molecule has 2 rings (SSSR count). The van der Waals surface area contributed by atoms with Gasteiger partial charge in [-0.25, -0.2) is 4.72 Å². The van der Waals surface area contributed by atoms with Gasteiger partial charge in [0, 0.05) is 13.1 Å². The molecule has 0 atom stereocenters. The van der Waals surface area contributed by atoms with Crippen LogP contribution in [-0.4, -0.2) is 31.7 Å². The van der Waals surface area contributed by atoms with Crippen LogP contribution >= 0.6 is 0 Å². The van der Waals surface area contributed by atoms with Gasteiger partial charge in [-0.2, -0.15) is 12.7 Å². The smallest absolute Gasteiger partial charge is 0.273 e. The number of nitrogens with zero attached hydrogens (tertiary/aromatic N) is 1. The van der Waals surface area contributed by atoms with Crippen molar-refractivity contribution in [3.63, 3.8) is 0 Å². The Morgan fingerprint density at radius 1 is 1.17 bits per heavy atom. The molecule has 0 unspecified atom stereocenters. The molecule has 1 aliphatic carbocycles. The molecule has 18 heavy (non-hydrogen) atoms. The highest BCUT2D eigenvalue weighted by Crippen LogP contribution is 2.58. The first-order valence-electron chi connectivity index (χ1n) is 6.51. The van der Waals surface area contributed by atoms with E-state index in [9.17, 15) is 13.2 Å². The Labute approximate surface area is 109 Å². The van der Waals surface area contributed by atoms with Crippen LogP contribution in [0.1, 0.15) is 46.5 Å². The molecule has 1 amide bonds. The van der Waals surface area contributed by atoms with Crippen molar-refractivity contribution < 1.29 is 13.2 Å². The van der Waals surface area contributed by atoms with Crippen LogP contribution in [0.15, 0.2) is 0 Å². The molecule has 1 aliphatic heterocycles. The van der Waals surface area contributed by atoms with Crippen LogP contribution in [0, 0.1) is 10.8 Å². The van der Waals surface area contributed by atoms with Gasteiger partial charge in [-0.3, -0.25) is 4.79 Å². The molecule has 1 heterocycles. The van der Waals surface area contributed by atoms with Crippen LogP contribution in [0.4, 0.5) is 0 Å². The average molecular weight is 274 g/mol. The molecule has 0 aromatic carbocycles. The zero-order valence-corrected chi connectivity index (χ0v) is 12.1. The van der Waals surface area contributed by atoms with E-state index >= 15 is 0 Å². The predicted octanol–water partition coefficient (Wildman–Crippen LogP) is 1.27. The van der Waals surface area contributed by atoms with Gasteiger partial charge in [0.1, 0.15) is 0 Å². The third-order valence-electron chi connectivity index (χ3n) is 4.25. The van der Waals surface area contributed by atoms with Gasteiger partial charge in [0.25, 0.3) is 0 Å². The number of amides is 1. The molecule has 0 radical (unpaired) electrons. The number of hydrogen-bond donors (Lipinski definition) is 1. The summed E-state index contributed by atoms with van der Waals surface area (Å²) in [5.41, 5.74) is -0.697. The molecule has 2 aliphatic rings. The Hall–Kier alpha value is -0.620. The maximum Gasteiger partial charge on any atom is 0.303 e. The van der Waals surface area contributed by atoms with Crippen LogP contribution in [0.5, 0.6) is 0 Å². The van der Waals surface area contributed by atoms with E-state index in [1.165, 1.54) is 4.31 Å². The summed E-state index contributed by atoms with van der Waals surface area (Å²) in [5.74, 6) is -0.332. The minimum atomic E-state index is -3.63. The molecule has 104 valence electrons. The number of carbonyl (C=O) groups excluding carboxylic acids is 1. The second-order valence-corrected chi connectivity index (χ2v) is 8.05. The maximum atomic E-state index is 12.2. The van der Waals surface area contributed by atoms with Crippen molar-refractivity contribution in [2.45, 2.75) is 46.5 Å². The van der Waals surface area contributed by atoms with E-state index in [1.54, 1.807) is 0 Å². The van der Waals surface area contributed by atoms with Gasteiger partial charge in [-0.05, 0) is 31.1 Å². The summed E-state index contributed by atoms with van der Waals surface area (Å²) in [7, 11) is -3.63. The highest BCUT2D eigenvalue weighted by Gasteiger charge is 2.58. The fraction of sp³-hybridized carbons (Fsp3) is 0.917. The maximum absolute atomic E-state index is 12.2. The average Bonchev–Trinajstić information content (AvgIpc) is 2.86. The molecule has 1 saturated heterocycles. The van der Waals surface area contributed by atoms with Crippen LogP contribution in [0.25, 0.3) is 0 Å². The van der Waals surface area contributed by atoms with Gasteiger partial charge in [-0.15, -0.1) is 0 Å². The first kappa shape index (κ1) is 13.8. The van der Waals surface area contributed by atoms with Crippen molar-refractivity contribution >= 4 is 16.1 Å². The van der Waals surface area contributed by atoms with Crippen molar-refractivity contribution in [3.8, 4) is 0 Å². The first-order valence-corrected chi connectivity index (χ1v) is 7.95. The summed E-state index contributed by atoms with van der Waals surface area (Å²) < 4.78 is 27.7. The summed E-state index contributed by atoms with van der Waals surface area (Å²) in [6.45, 7) is 7.00. The third-order valence-corrected chi connectivity index (χ3v) is 5.74. The zero-order valence-electron chi connectivity index (χ0n) is 11.3. The van der Waals surface area contributed by atoms with Crippen LogP contribution in [0.2, 0.25) is 0 Å². The fourth-order valence-electron chi connectivity index (χ4n) is 2.65. The molecule has 1 saturated carbocycles. The van der Waals surface area contributed by atoms with E-state index in [1.807, 2.05) is 20.8 Å². The van der Waals surface area contributed by atoms with Gasteiger partial charge in [-0.1, -0.05) is 20.8 Å². The van der Waals surface area contributed by atoms with E-state index < -0.39 is 15.6 Å². The van der Waals surface area contributed by atoms with Crippen molar-refractivity contribution in [3.05, 3.63) is 0 Å². The normalized spacial score (nSPS) is 23.9. The Kier molecular flexibility index (Phi) is 3.22. The van der Waals surface area contributed by atoms with E-state index in [2.05, 4.69) is 4.72 Å². The van der Waals surface area contributed by atoms with Crippen molar-refractivity contribution in [1.82, 2.24) is 9.03 Å². The van der Waals surface area contributed by atoms with E-state index in [4.69, 9.17) is 0 Å². The molecule has 0 aromatic heterocycles. The molecule has 0 bridgehead atoms. The Morgan fingerprint density at radius 3 is 2.06 bits per heavy atom. The van der Waals surface area contributed by atoms with Gasteiger partial charge in [0.2, 0.25) is 5.91 Å². The molecule has 6 heteroatoms. The number of carbonyl (C=O) groups is 1. The van der Waals surface area contributed by atoms with E-state index in [0.29, 0.717) is 13.1 Å². The number of hydrogen-bond acceptors (Lipinski definition) is 3. The SMILES string of the molecule is CC(C)(C)C1(C(=O)NS(=O)(=O)N2CCCC2)CC1. The molecular formula is C12H22N2O3S. The number of rotatable bonds is 3. The van der Waals surface area contributed by atoms with Gasteiger partial charge in [0.15, 0.2) is 0 Å². The highest BCUT2D eigenvalue weighted by molar-refractivity contribution is 7.87. The summed E-state index contributed by atoms with van der Waals surface area (Å²) in [4.78, 5) is 12.2. The largest absolute Gasteiger partial charge is 0.303 e. The van der Waals surface area contributed by atoms with Gasteiger partial charge in [0.05, 0.1) is 5.41 Å². The van der Waals surface area contributed by atoms with E-state index in [-0.39, 0.29) is 11.3 Å². The minimum absolute atomic E-state index is 0.197. The summed E-state index contributed by atoms with van der Waals surface area (Å²) in [5, 5.41) is 0. The second-order valence-electron chi connectivity index (χ2n) is 6.37. The highest BCUT2D eigenvalue weighted by atomic mass is 32.2. The fourth-order valence-corrected chi connectivity index (χ4v) is 3.95. The lowest BCUT2D eigenvalue weighted by molar-refractivity contribution is -0.128. The molecule has 0 aromatic rings. The van der Waals surface area contributed by atoms with Gasteiger partial charge < -0.3 is 0 Å². The lowest BCUT2D eigenvalue weighted by Crippen LogP contribution is -2.47. The lowest BCUT2D eigenvalue weighted by atomic mass is 9.77. The van der Waals surface area contributed by atoms with Crippen molar-refractivity contribution in [1.29, 1.82) is 0 Å².